The number of phenols is 1. The van der Waals surface area contributed by atoms with Gasteiger partial charge in [-0.05, 0) is 37.1 Å². The maximum atomic E-state index is 11.7. The van der Waals surface area contributed by atoms with Gasteiger partial charge >= 0.3 is 5.97 Å². The summed E-state index contributed by atoms with van der Waals surface area (Å²) in [5.41, 5.74) is 5.49. The Morgan fingerprint density at radius 2 is 2.11 bits per heavy atom. The van der Waals surface area contributed by atoms with E-state index in [2.05, 4.69) is 5.32 Å². The molecule has 1 amide bonds. The van der Waals surface area contributed by atoms with Crippen molar-refractivity contribution in [2.45, 2.75) is 19.8 Å². The fourth-order valence-corrected chi connectivity index (χ4v) is 1.53. The van der Waals surface area contributed by atoms with Crippen molar-refractivity contribution >= 4 is 17.6 Å². The lowest BCUT2D eigenvalue weighted by Gasteiger charge is -2.10. The van der Waals surface area contributed by atoms with Crippen LogP contribution in [0.3, 0.4) is 0 Å². The average molecular weight is 266 g/mol. The molecule has 0 heterocycles. The smallest absolute Gasteiger partial charge is 0.337 e. The second-order valence-electron chi connectivity index (χ2n) is 4.46. The highest BCUT2D eigenvalue weighted by Crippen LogP contribution is 2.21. The summed E-state index contributed by atoms with van der Waals surface area (Å²) in [5.74, 6) is -1.40. The molecule has 1 aromatic rings. The Labute approximate surface area is 111 Å². The van der Waals surface area contributed by atoms with E-state index >= 15 is 0 Å². The molecule has 0 aliphatic heterocycles. The van der Waals surface area contributed by atoms with E-state index in [1.165, 1.54) is 12.1 Å². The Morgan fingerprint density at radius 3 is 2.68 bits per heavy atom. The molecule has 6 heteroatoms. The molecule has 104 valence electrons. The minimum atomic E-state index is -1.21. The second kappa shape index (κ2) is 6.75. The summed E-state index contributed by atoms with van der Waals surface area (Å²) in [6.07, 6.45) is 0.918. The van der Waals surface area contributed by atoms with Crippen molar-refractivity contribution in [3.8, 4) is 5.75 Å². The Hall–Kier alpha value is -2.08. The summed E-state index contributed by atoms with van der Waals surface area (Å²) in [7, 11) is 0. The number of amides is 1. The van der Waals surface area contributed by atoms with Gasteiger partial charge in [-0.25, -0.2) is 4.79 Å². The summed E-state index contributed by atoms with van der Waals surface area (Å²) in [6.45, 7) is 2.45. The van der Waals surface area contributed by atoms with Crippen molar-refractivity contribution in [3.05, 3.63) is 23.8 Å². The molecule has 19 heavy (non-hydrogen) atoms. The van der Waals surface area contributed by atoms with Gasteiger partial charge in [-0.3, -0.25) is 4.79 Å². The van der Waals surface area contributed by atoms with Gasteiger partial charge in [0.15, 0.2) is 0 Å². The van der Waals surface area contributed by atoms with E-state index in [-0.39, 0.29) is 35.2 Å². The van der Waals surface area contributed by atoms with E-state index in [9.17, 15) is 14.7 Å². The predicted molar refractivity (Wildman–Crippen MR) is 71.1 cm³/mol. The lowest BCUT2D eigenvalue weighted by molar-refractivity contribution is -0.116. The molecule has 1 unspecified atom stereocenters. The van der Waals surface area contributed by atoms with Crippen LogP contribution in [0.1, 0.15) is 30.1 Å². The van der Waals surface area contributed by atoms with E-state index in [1.807, 2.05) is 6.92 Å². The number of rotatable bonds is 6. The monoisotopic (exact) mass is 266 g/mol. The first-order valence-electron chi connectivity index (χ1n) is 6.00. The normalized spacial score (nSPS) is 11.9. The largest absolute Gasteiger partial charge is 0.508 e. The van der Waals surface area contributed by atoms with E-state index in [4.69, 9.17) is 10.8 Å². The Balaban J connectivity index is 2.71. The number of hydrogen-bond acceptors (Lipinski definition) is 4. The molecular weight excluding hydrogens is 248 g/mol. The third kappa shape index (κ3) is 4.59. The maximum absolute atomic E-state index is 11.7. The van der Waals surface area contributed by atoms with Crippen molar-refractivity contribution in [3.63, 3.8) is 0 Å². The number of carboxylic acid groups (broad SMARTS) is 1. The Kier molecular flexibility index (Phi) is 5.32. The molecular formula is C13H18N2O4. The third-order valence-electron chi connectivity index (χ3n) is 2.77. The van der Waals surface area contributed by atoms with E-state index in [0.29, 0.717) is 13.0 Å². The highest BCUT2D eigenvalue weighted by molar-refractivity contribution is 6.00. The second-order valence-corrected chi connectivity index (χ2v) is 4.46. The number of nitrogens with two attached hydrogens (primary N) is 1. The van der Waals surface area contributed by atoms with Crippen LogP contribution in [-0.4, -0.2) is 28.6 Å². The molecule has 1 atom stereocenters. The number of phenolic OH excluding ortho intramolecular Hbond substituents is 1. The van der Waals surface area contributed by atoms with Crippen molar-refractivity contribution in [2.24, 2.45) is 11.7 Å². The molecule has 6 nitrogen and oxygen atoms in total. The van der Waals surface area contributed by atoms with Gasteiger partial charge in [-0.1, -0.05) is 6.92 Å². The molecule has 0 aliphatic carbocycles. The molecule has 1 aromatic carbocycles. The fourth-order valence-electron chi connectivity index (χ4n) is 1.53. The Morgan fingerprint density at radius 1 is 1.42 bits per heavy atom. The van der Waals surface area contributed by atoms with Crippen LogP contribution in [0.2, 0.25) is 0 Å². The van der Waals surface area contributed by atoms with Crippen molar-refractivity contribution < 1.29 is 19.8 Å². The van der Waals surface area contributed by atoms with Crippen molar-refractivity contribution in [1.29, 1.82) is 0 Å². The third-order valence-corrected chi connectivity index (χ3v) is 2.77. The van der Waals surface area contributed by atoms with Crippen LogP contribution < -0.4 is 11.1 Å². The number of carbonyl (C=O) groups is 2. The van der Waals surface area contributed by atoms with Gasteiger partial charge in [0, 0.05) is 6.42 Å². The van der Waals surface area contributed by atoms with Crippen LogP contribution in [-0.2, 0) is 4.79 Å². The number of aromatic carboxylic acids is 1. The summed E-state index contributed by atoms with van der Waals surface area (Å²) in [5, 5.41) is 20.7. The van der Waals surface area contributed by atoms with Crippen LogP contribution >= 0.6 is 0 Å². The number of carbonyl (C=O) groups excluding carboxylic acids is 1. The van der Waals surface area contributed by atoms with E-state index in [0.717, 1.165) is 6.07 Å². The lowest BCUT2D eigenvalue weighted by Crippen LogP contribution is -2.17. The molecule has 5 N–H and O–H groups in total. The number of hydrogen-bond donors (Lipinski definition) is 4. The average Bonchev–Trinajstić information content (AvgIpc) is 2.37. The zero-order valence-electron chi connectivity index (χ0n) is 10.7. The molecule has 0 saturated heterocycles. The molecule has 0 bridgehead atoms. The summed E-state index contributed by atoms with van der Waals surface area (Å²) in [6, 6.07) is 3.79. The molecule has 0 spiro atoms. The SMILES string of the molecule is CC(CN)CCC(=O)Nc1ccc(O)cc1C(=O)O. The molecule has 0 fully saturated rings. The van der Waals surface area contributed by atoms with Gasteiger partial charge in [0.2, 0.25) is 5.91 Å². The molecule has 0 saturated carbocycles. The number of benzene rings is 1. The zero-order valence-corrected chi connectivity index (χ0v) is 10.7. The highest BCUT2D eigenvalue weighted by Gasteiger charge is 2.13. The predicted octanol–water partition coefficient (Wildman–Crippen LogP) is 1.40. The zero-order chi connectivity index (χ0) is 14.4. The lowest BCUT2D eigenvalue weighted by atomic mass is 10.1. The van der Waals surface area contributed by atoms with Gasteiger partial charge in [0.1, 0.15) is 5.75 Å². The van der Waals surface area contributed by atoms with Crippen LogP contribution in [0, 0.1) is 5.92 Å². The fraction of sp³-hybridized carbons (Fsp3) is 0.385. The van der Waals surface area contributed by atoms with E-state index in [1.54, 1.807) is 0 Å². The first kappa shape index (κ1) is 15.0. The molecule has 0 aliphatic rings. The van der Waals surface area contributed by atoms with Gasteiger partial charge in [-0.15, -0.1) is 0 Å². The van der Waals surface area contributed by atoms with Crippen molar-refractivity contribution in [2.75, 3.05) is 11.9 Å². The van der Waals surface area contributed by atoms with Crippen LogP contribution in [0.15, 0.2) is 18.2 Å². The van der Waals surface area contributed by atoms with Crippen LogP contribution in [0.4, 0.5) is 5.69 Å². The van der Waals surface area contributed by atoms with E-state index < -0.39 is 5.97 Å². The minimum Gasteiger partial charge on any atom is -0.508 e. The number of aromatic hydroxyl groups is 1. The van der Waals surface area contributed by atoms with Crippen LogP contribution in [0.5, 0.6) is 5.75 Å². The summed E-state index contributed by atoms with van der Waals surface area (Å²) in [4.78, 5) is 22.7. The summed E-state index contributed by atoms with van der Waals surface area (Å²) >= 11 is 0. The van der Waals surface area contributed by atoms with Gasteiger partial charge in [0.05, 0.1) is 11.3 Å². The van der Waals surface area contributed by atoms with Gasteiger partial charge in [0.25, 0.3) is 0 Å². The number of carboxylic acids is 1. The van der Waals surface area contributed by atoms with Gasteiger partial charge < -0.3 is 21.3 Å². The first-order valence-corrected chi connectivity index (χ1v) is 6.00. The summed E-state index contributed by atoms with van der Waals surface area (Å²) < 4.78 is 0. The number of anilines is 1. The maximum Gasteiger partial charge on any atom is 0.337 e. The topological polar surface area (TPSA) is 113 Å². The first-order chi connectivity index (χ1) is 8.93. The van der Waals surface area contributed by atoms with Gasteiger partial charge in [-0.2, -0.15) is 0 Å². The minimum absolute atomic E-state index is 0.139. The Bertz CT molecular complexity index is 474. The van der Waals surface area contributed by atoms with Crippen LogP contribution in [0.25, 0.3) is 0 Å². The standard InChI is InChI=1S/C13H18N2O4/c1-8(7-14)2-5-12(17)15-11-4-3-9(16)6-10(11)13(18)19/h3-4,6,8,16H,2,5,7,14H2,1H3,(H,15,17)(H,18,19). The molecule has 1 rings (SSSR count). The molecule has 0 aromatic heterocycles. The highest BCUT2D eigenvalue weighted by atomic mass is 16.4. The quantitative estimate of drug-likeness (QED) is 0.581. The number of nitrogens with one attached hydrogen (secondary N) is 1. The van der Waals surface area contributed by atoms with Crippen molar-refractivity contribution in [1.82, 2.24) is 0 Å². The molecule has 0 radical (unpaired) electrons.